The third-order valence-electron chi connectivity index (χ3n) is 5.37. The van der Waals surface area contributed by atoms with Crippen LogP contribution in [0, 0.1) is 11.7 Å². The van der Waals surface area contributed by atoms with Gasteiger partial charge in [0.15, 0.2) is 6.29 Å². The number of hydrogen-bond donors (Lipinski definition) is 0. The van der Waals surface area contributed by atoms with Crippen molar-refractivity contribution in [3.8, 4) is 16.9 Å². The molecule has 1 saturated heterocycles. The minimum Gasteiger partial charge on any atom is -0.493 e. The second-order valence-corrected chi connectivity index (χ2v) is 7.83. The van der Waals surface area contributed by atoms with E-state index in [1.165, 1.54) is 18.1 Å². The summed E-state index contributed by atoms with van der Waals surface area (Å²) in [4.78, 5) is 0. The number of benzene rings is 2. The van der Waals surface area contributed by atoms with Gasteiger partial charge in [-0.05, 0) is 42.5 Å². The van der Waals surface area contributed by atoms with Crippen LogP contribution in [0.25, 0.3) is 11.1 Å². The van der Waals surface area contributed by atoms with Gasteiger partial charge in [-0.1, -0.05) is 51.0 Å². The topological polar surface area (TPSA) is 27.7 Å². The average Bonchev–Trinajstić information content (AvgIpc) is 2.74. The van der Waals surface area contributed by atoms with Crippen molar-refractivity contribution in [3.63, 3.8) is 0 Å². The van der Waals surface area contributed by atoms with E-state index in [2.05, 4.69) is 26.0 Å². The fraction of sp³-hybridized carbons (Fsp3) is 0.520. The molecule has 0 aliphatic carbocycles. The Morgan fingerprint density at radius 2 is 1.72 bits per heavy atom. The Morgan fingerprint density at radius 3 is 2.38 bits per heavy atom. The molecule has 0 unspecified atom stereocenters. The number of rotatable bonds is 10. The molecule has 0 bridgehead atoms. The van der Waals surface area contributed by atoms with Crippen molar-refractivity contribution in [1.82, 2.24) is 0 Å². The summed E-state index contributed by atoms with van der Waals surface area (Å²) >= 11 is 0. The van der Waals surface area contributed by atoms with Gasteiger partial charge in [0.2, 0.25) is 0 Å². The zero-order valence-electron chi connectivity index (χ0n) is 17.7. The van der Waals surface area contributed by atoms with Gasteiger partial charge in [-0.3, -0.25) is 0 Å². The molecule has 29 heavy (non-hydrogen) atoms. The first-order chi connectivity index (χ1) is 14.2. The molecular formula is C25H33FO3. The average molecular weight is 401 g/mol. The molecule has 3 rings (SSSR count). The molecule has 0 spiro atoms. The lowest BCUT2D eigenvalue weighted by Crippen LogP contribution is -2.32. The van der Waals surface area contributed by atoms with Crippen LogP contribution in [-0.4, -0.2) is 26.1 Å². The minimum atomic E-state index is -0.252. The first kappa shape index (κ1) is 21.8. The van der Waals surface area contributed by atoms with Crippen LogP contribution in [0.3, 0.4) is 0 Å². The zero-order valence-corrected chi connectivity index (χ0v) is 17.7. The van der Waals surface area contributed by atoms with Crippen LogP contribution in [0.4, 0.5) is 4.39 Å². The number of hydrogen-bond acceptors (Lipinski definition) is 3. The van der Waals surface area contributed by atoms with Gasteiger partial charge in [0.25, 0.3) is 0 Å². The van der Waals surface area contributed by atoms with E-state index in [0.29, 0.717) is 23.8 Å². The van der Waals surface area contributed by atoms with Crippen molar-refractivity contribution < 1.29 is 18.6 Å². The normalized spacial score (nSPS) is 19.3. The molecule has 158 valence electrons. The van der Waals surface area contributed by atoms with Crippen molar-refractivity contribution in [1.29, 1.82) is 0 Å². The van der Waals surface area contributed by atoms with E-state index in [9.17, 15) is 4.39 Å². The monoisotopic (exact) mass is 400 g/mol. The molecule has 0 saturated carbocycles. The summed E-state index contributed by atoms with van der Waals surface area (Å²) in [6.45, 7) is 6.52. The van der Waals surface area contributed by atoms with Gasteiger partial charge in [0, 0.05) is 24.0 Å². The van der Waals surface area contributed by atoms with Crippen LogP contribution in [-0.2, 0) is 15.9 Å². The van der Waals surface area contributed by atoms with Crippen LogP contribution in [0.1, 0.15) is 51.5 Å². The Kier molecular flexibility index (Phi) is 8.51. The van der Waals surface area contributed by atoms with Crippen molar-refractivity contribution >= 4 is 0 Å². The molecular weight excluding hydrogens is 367 g/mol. The molecule has 1 aliphatic rings. The summed E-state index contributed by atoms with van der Waals surface area (Å²) in [5.74, 6) is 0.872. The highest BCUT2D eigenvalue weighted by Crippen LogP contribution is 2.27. The Labute approximate surface area is 174 Å². The van der Waals surface area contributed by atoms with Crippen molar-refractivity contribution in [3.05, 3.63) is 53.8 Å². The maximum absolute atomic E-state index is 14.5. The number of unbranched alkanes of at least 4 members (excludes halogenated alkanes) is 1. The SMILES string of the molecule is CCCCOc1ccc(-c2ccc(CCC3OCC(CCC)CO3)cc2)c(F)c1. The van der Waals surface area contributed by atoms with Crippen LogP contribution in [0.15, 0.2) is 42.5 Å². The van der Waals surface area contributed by atoms with E-state index < -0.39 is 0 Å². The highest BCUT2D eigenvalue weighted by atomic mass is 19.1. The summed E-state index contributed by atoms with van der Waals surface area (Å²) in [5, 5.41) is 0. The summed E-state index contributed by atoms with van der Waals surface area (Å²) < 4.78 is 31.8. The van der Waals surface area contributed by atoms with Crippen molar-refractivity contribution in [2.45, 2.75) is 58.7 Å². The van der Waals surface area contributed by atoms with Gasteiger partial charge in [-0.25, -0.2) is 4.39 Å². The predicted molar refractivity (Wildman–Crippen MR) is 115 cm³/mol. The molecule has 0 amide bonds. The van der Waals surface area contributed by atoms with E-state index in [1.807, 2.05) is 18.2 Å². The third kappa shape index (κ3) is 6.55. The molecule has 1 fully saturated rings. The maximum Gasteiger partial charge on any atom is 0.157 e. The van der Waals surface area contributed by atoms with Crippen LogP contribution in [0.2, 0.25) is 0 Å². The Hall–Kier alpha value is -1.91. The lowest BCUT2D eigenvalue weighted by Gasteiger charge is -2.29. The minimum absolute atomic E-state index is 0.111. The standard InChI is InChI=1S/C25H33FO3/c1-3-5-15-27-22-12-13-23(24(26)16-22)21-10-7-19(8-11-21)9-14-25-28-17-20(6-4-2)18-29-25/h7-8,10-13,16,20,25H,3-6,9,14-15,17-18H2,1-2H3. The summed E-state index contributed by atoms with van der Waals surface area (Å²) in [6, 6.07) is 13.2. The van der Waals surface area contributed by atoms with E-state index >= 15 is 0 Å². The fourth-order valence-electron chi connectivity index (χ4n) is 3.61. The third-order valence-corrected chi connectivity index (χ3v) is 5.37. The highest BCUT2D eigenvalue weighted by molar-refractivity contribution is 5.65. The van der Waals surface area contributed by atoms with Crippen LogP contribution in [0.5, 0.6) is 5.75 Å². The molecule has 1 aliphatic heterocycles. The van der Waals surface area contributed by atoms with Crippen molar-refractivity contribution in [2.24, 2.45) is 5.92 Å². The number of ether oxygens (including phenoxy) is 3. The van der Waals surface area contributed by atoms with Gasteiger partial charge >= 0.3 is 0 Å². The van der Waals surface area contributed by atoms with E-state index in [0.717, 1.165) is 50.9 Å². The molecule has 0 aromatic heterocycles. The van der Waals surface area contributed by atoms with E-state index in [4.69, 9.17) is 14.2 Å². The molecule has 0 N–H and O–H groups in total. The molecule has 1 heterocycles. The number of halogens is 1. The molecule has 2 aromatic carbocycles. The number of aryl methyl sites for hydroxylation is 1. The van der Waals surface area contributed by atoms with Gasteiger partial charge in [0.1, 0.15) is 11.6 Å². The van der Waals surface area contributed by atoms with Gasteiger partial charge < -0.3 is 14.2 Å². The Morgan fingerprint density at radius 1 is 0.966 bits per heavy atom. The van der Waals surface area contributed by atoms with Crippen LogP contribution >= 0.6 is 0 Å². The fourth-order valence-corrected chi connectivity index (χ4v) is 3.61. The lowest BCUT2D eigenvalue weighted by atomic mass is 10.0. The molecule has 2 aromatic rings. The molecule has 3 nitrogen and oxygen atoms in total. The summed E-state index contributed by atoms with van der Waals surface area (Å²) in [6.07, 6.45) is 5.99. The smallest absolute Gasteiger partial charge is 0.157 e. The maximum atomic E-state index is 14.5. The van der Waals surface area contributed by atoms with Gasteiger partial charge in [-0.15, -0.1) is 0 Å². The highest BCUT2D eigenvalue weighted by Gasteiger charge is 2.21. The Bertz CT molecular complexity index is 736. The largest absolute Gasteiger partial charge is 0.493 e. The van der Waals surface area contributed by atoms with E-state index in [1.54, 1.807) is 6.07 Å². The van der Waals surface area contributed by atoms with Gasteiger partial charge in [-0.2, -0.15) is 0 Å². The zero-order chi connectivity index (χ0) is 20.5. The van der Waals surface area contributed by atoms with Crippen LogP contribution < -0.4 is 4.74 Å². The summed E-state index contributed by atoms with van der Waals surface area (Å²) in [7, 11) is 0. The Balaban J connectivity index is 1.51. The molecule has 0 atom stereocenters. The first-order valence-electron chi connectivity index (χ1n) is 10.9. The first-order valence-corrected chi connectivity index (χ1v) is 10.9. The van der Waals surface area contributed by atoms with E-state index in [-0.39, 0.29) is 12.1 Å². The predicted octanol–water partition coefficient (Wildman–Crippen LogP) is 6.39. The lowest BCUT2D eigenvalue weighted by molar-refractivity contribution is -0.203. The van der Waals surface area contributed by atoms with Crippen molar-refractivity contribution in [2.75, 3.05) is 19.8 Å². The molecule has 0 radical (unpaired) electrons. The second-order valence-electron chi connectivity index (χ2n) is 7.83. The quantitative estimate of drug-likeness (QED) is 0.432. The second kappa shape index (κ2) is 11.3. The summed E-state index contributed by atoms with van der Waals surface area (Å²) in [5.41, 5.74) is 2.68. The molecule has 4 heteroatoms. The van der Waals surface area contributed by atoms with Gasteiger partial charge in [0.05, 0.1) is 19.8 Å².